The largest absolute Gasteiger partial charge is 0.504 e. The molecule has 0 saturated heterocycles. The normalized spacial score (nSPS) is 10.5. The molecule has 0 radical (unpaired) electrons. The molecule has 106 valence electrons. The zero-order valence-corrected chi connectivity index (χ0v) is 11.8. The van der Waals surface area contributed by atoms with Crippen LogP contribution in [-0.2, 0) is 13.1 Å². The van der Waals surface area contributed by atoms with Crippen molar-refractivity contribution in [2.75, 3.05) is 7.11 Å². The fourth-order valence-corrected chi connectivity index (χ4v) is 2.15. The van der Waals surface area contributed by atoms with Gasteiger partial charge in [0.15, 0.2) is 11.5 Å². The second-order valence-electron chi connectivity index (χ2n) is 4.35. The first-order valence-corrected chi connectivity index (χ1v) is 6.52. The Morgan fingerprint density at radius 1 is 1.10 bits per heavy atom. The Morgan fingerprint density at radius 3 is 2.60 bits per heavy atom. The predicted octanol–water partition coefficient (Wildman–Crippen LogP) is 3.05. The summed E-state index contributed by atoms with van der Waals surface area (Å²) in [4.78, 5) is 0. The van der Waals surface area contributed by atoms with Crippen LogP contribution in [-0.4, -0.2) is 17.3 Å². The summed E-state index contributed by atoms with van der Waals surface area (Å²) < 4.78 is 5.27. The van der Waals surface area contributed by atoms with Crippen LogP contribution in [0.2, 0.25) is 5.02 Å². The molecule has 2 aromatic carbocycles. The highest BCUT2D eigenvalue weighted by atomic mass is 35.5. The lowest BCUT2D eigenvalue weighted by Gasteiger charge is -2.11. The lowest BCUT2D eigenvalue weighted by molar-refractivity contribution is 0.402. The Bertz CT molecular complexity index is 602. The maximum absolute atomic E-state index is 9.42. The van der Waals surface area contributed by atoms with Crippen molar-refractivity contribution in [1.82, 2.24) is 5.32 Å². The molecule has 2 rings (SSSR count). The number of nitrogens with one attached hydrogen (secondary N) is 1. The van der Waals surface area contributed by atoms with Crippen LogP contribution < -0.4 is 10.1 Å². The Morgan fingerprint density at radius 2 is 1.90 bits per heavy atom. The van der Waals surface area contributed by atoms with Crippen molar-refractivity contribution in [2.24, 2.45) is 0 Å². The number of phenols is 2. The maximum atomic E-state index is 9.42. The summed E-state index contributed by atoms with van der Waals surface area (Å²) in [6.07, 6.45) is 0. The summed E-state index contributed by atoms with van der Waals surface area (Å²) in [7, 11) is 1.60. The van der Waals surface area contributed by atoms with Gasteiger partial charge in [0, 0.05) is 23.7 Å². The van der Waals surface area contributed by atoms with Crippen LogP contribution in [0.25, 0.3) is 0 Å². The molecule has 0 heterocycles. The number of hydrogen-bond donors (Lipinski definition) is 3. The van der Waals surface area contributed by atoms with Gasteiger partial charge in [-0.15, -0.1) is 0 Å². The summed E-state index contributed by atoms with van der Waals surface area (Å²) >= 11 is 6.14. The maximum Gasteiger partial charge on any atom is 0.157 e. The van der Waals surface area contributed by atoms with Crippen LogP contribution in [0.3, 0.4) is 0 Å². The Labute approximate surface area is 122 Å². The van der Waals surface area contributed by atoms with Crippen LogP contribution in [0, 0.1) is 0 Å². The first kappa shape index (κ1) is 14.5. The van der Waals surface area contributed by atoms with Gasteiger partial charge in [0.2, 0.25) is 0 Å². The number of phenolic OH excluding ortho intramolecular Hbond substituents is 2. The van der Waals surface area contributed by atoms with E-state index in [0.29, 0.717) is 18.1 Å². The van der Waals surface area contributed by atoms with E-state index in [1.54, 1.807) is 13.2 Å². The second kappa shape index (κ2) is 6.50. The van der Waals surface area contributed by atoms with Gasteiger partial charge in [0.25, 0.3) is 0 Å². The van der Waals surface area contributed by atoms with E-state index in [1.165, 1.54) is 12.1 Å². The van der Waals surface area contributed by atoms with E-state index >= 15 is 0 Å². The molecule has 0 fully saturated rings. The van der Waals surface area contributed by atoms with Crippen LogP contribution >= 0.6 is 11.6 Å². The summed E-state index contributed by atoms with van der Waals surface area (Å²) in [6, 6.07) is 10.2. The van der Waals surface area contributed by atoms with Crippen molar-refractivity contribution in [3.8, 4) is 17.2 Å². The van der Waals surface area contributed by atoms with E-state index in [9.17, 15) is 10.2 Å². The number of ether oxygens (including phenoxy) is 1. The van der Waals surface area contributed by atoms with Gasteiger partial charge < -0.3 is 20.3 Å². The number of aromatic hydroxyl groups is 2. The van der Waals surface area contributed by atoms with Gasteiger partial charge >= 0.3 is 0 Å². The van der Waals surface area contributed by atoms with Gasteiger partial charge in [-0.25, -0.2) is 0 Å². The zero-order valence-electron chi connectivity index (χ0n) is 11.1. The Hall–Kier alpha value is -1.91. The van der Waals surface area contributed by atoms with Crippen molar-refractivity contribution < 1.29 is 14.9 Å². The minimum Gasteiger partial charge on any atom is -0.504 e. The minimum atomic E-state index is -0.125. The smallest absolute Gasteiger partial charge is 0.157 e. The van der Waals surface area contributed by atoms with E-state index in [4.69, 9.17) is 16.3 Å². The standard InChI is InChI=1S/C15H16ClNO3/c1-20-15-4-2-3-12(16)11(15)9-17-8-10-5-6-13(18)14(19)7-10/h2-7,17-19H,8-9H2,1H3. The molecular formula is C15H16ClNO3. The van der Waals surface area contributed by atoms with E-state index in [1.807, 2.05) is 18.2 Å². The van der Waals surface area contributed by atoms with E-state index < -0.39 is 0 Å². The lowest BCUT2D eigenvalue weighted by Crippen LogP contribution is -2.13. The SMILES string of the molecule is COc1cccc(Cl)c1CNCc1ccc(O)c(O)c1. The highest BCUT2D eigenvalue weighted by Crippen LogP contribution is 2.27. The van der Waals surface area contributed by atoms with Crippen LogP contribution in [0.15, 0.2) is 36.4 Å². The second-order valence-corrected chi connectivity index (χ2v) is 4.75. The average molecular weight is 294 g/mol. The summed E-state index contributed by atoms with van der Waals surface area (Å²) in [5.41, 5.74) is 1.76. The van der Waals surface area contributed by atoms with Gasteiger partial charge in [-0.2, -0.15) is 0 Å². The molecule has 0 spiro atoms. The van der Waals surface area contributed by atoms with Crippen LogP contribution in [0.1, 0.15) is 11.1 Å². The van der Waals surface area contributed by atoms with Crippen molar-refractivity contribution in [2.45, 2.75) is 13.1 Å². The van der Waals surface area contributed by atoms with Gasteiger partial charge in [-0.1, -0.05) is 23.7 Å². The third-order valence-corrected chi connectivity index (χ3v) is 3.32. The predicted molar refractivity (Wildman–Crippen MR) is 78.3 cm³/mol. The molecule has 0 aliphatic carbocycles. The highest BCUT2D eigenvalue weighted by Gasteiger charge is 2.07. The van der Waals surface area contributed by atoms with Crippen molar-refractivity contribution >= 4 is 11.6 Å². The zero-order chi connectivity index (χ0) is 14.5. The third-order valence-electron chi connectivity index (χ3n) is 2.97. The van der Waals surface area contributed by atoms with Crippen molar-refractivity contribution in [1.29, 1.82) is 0 Å². The van der Waals surface area contributed by atoms with Gasteiger partial charge in [-0.05, 0) is 29.8 Å². The number of hydrogen-bond acceptors (Lipinski definition) is 4. The molecule has 0 amide bonds. The summed E-state index contributed by atoms with van der Waals surface area (Å²) in [5.74, 6) is 0.486. The molecule has 0 aliphatic heterocycles. The lowest BCUT2D eigenvalue weighted by atomic mass is 10.1. The molecule has 0 saturated carbocycles. The molecule has 2 aromatic rings. The minimum absolute atomic E-state index is 0.124. The number of rotatable bonds is 5. The molecule has 0 unspecified atom stereocenters. The average Bonchev–Trinajstić information content (AvgIpc) is 2.44. The van der Waals surface area contributed by atoms with Gasteiger partial charge in [0.1, 0.15) is 5.75 Å². The molecular weight excluding hydrogens is 278 g/mol. The number of halogens is 1. The molecule has 0 bridgehead atoms. The quantitative estimate of drug-likeness (QED) is 0.742. The Balaban J connectivity index is 2.01. The van der Waals surface area contributed by atoms with Crippen LogP contribution in [0.4, 0.5) is 0 Å². The number of methoxy groups -OCH3 is 1. The fraction of sp³-hybridized carbons (Fsp3) is 0.200. The van der Waals surface area contributed by atoms with Crippen molar-refractivity contribution in [3.63, 3.8) is 0 Å². The van der Waals surface area contributed by atoms with E-state index in [0.717, 1.165) is 16.9 Å². The molecule has 3 N–H and O–H groups in total. The monoisotopic (exact) mass is 293 g/mol. The summed E-state index contributed by atoms with van der Waals surface area (Å²) in [6.45, 7) is 1.09. The molecule has 0 aromatic heterocycles. The van der Waals surface area contributed by atoms with Crippen LogP contribution in [0.5, 0.6) is 17.2 Å². The fourth-order valence-electron chi connectivity index (χ4n) is 1.91. The van der Waals surface area contributed by atoms with E-state index in [-0.39, 0.29) is 11.5 Å². The number of benzene rings is 2. The Kier molecular flexibility index (Phi) is 4.71. The van der Waals surface area contributed by atoms with E-state index in [2.05, 4.69) is 5.32 Å². The van der Waals surface area contributed by atoms with Gasteiger partial charge in [0.05, 0.1) is 7.11 Å². The summed E-state index contributed by atoms with van der Waals surface area (Å²) in [5, 5.41) is 22.5. The highest BCUT2D eigenvalue weighted by molar-refractivity contribution is 6.31. The molecule has 0 aliphatic rings. The first-order valence-electron chi connectivity index (χ1n) is 6.14. The third kappa shape index (κ3) is 3.35. The van der Waals surface area contributed by atoms with Crippen molar-refractivity contribution in [3.05, 3.63) is 52.5 Å². The molecule has 4 nitrogen and oxygen atoms in total. The van der Waals surface area contributed by atoms with Gasteiger partial charge in [-0.3, -0.25) is 0 Å². The molecule has 0 atom stereocenters. The first-order chi connectivity index (χ1) is 9.61. The molecule has 20 heavy (non-hydrogen) atoms. The topological polar surface area (TPSA) is 61.7 Å². The molecule has 5 heteroatoms.